The second kappa shape index (κ2) is 11.8. The van der Waals surface area contributed by atoms with Crippen molar-refractivity contribution in [3.63, 3.8) is 0 Å². The molecule has 0 spiro atoms. The summed E-state index contributed by atoms with van der Waals surface area (Å²) in [7, 11) is 4.52. The summed E-state index contributed by atoms with van der Waals surface area (Å²) in [6.45, 7) is 3.50. The summed E-state index contributed by atoms with van der Waals surface area (Å²) in [5, 5.41) is 2.90. The van der Waals surface area contributed by atoms with E-state index >= 15 is 0 Å². The molecule has 7 nitrogen and oxygen atoms in total. The van der Waals surface area contributed by atoms with Crippen LogP contribution in [0.1, 0.15) is 31.4 Å². The smallest absolute Gasteiger partial charge is 0.311 e. The van der Waals surface area contributed by atoms with Gasteiger partial charge in [-0.05, 0) is 49.9 Å². The maximum Gasteiger partial charge on any atom is 0.311 e. The van der Waals surface area contributed by atoms with Gasteiger partial charge in [0, 0.05) is 6.04 Å². The van der Waals surface area contributed by atoms with Gasteiger partial charge in [-0.3, -0.25) is 9.59 Å². The van der Waals surface area contributed by atoms with Crippen LogP contribution in [0.25, 0.3) is 0 Å². The summed E-state index contributed by atoms with van der Waals surface area (Å²) in [4.78, 5) is 24.8. The highest BCUT2D eigenvalue weighted by atomic mass is 16.5. The molecule has 0 radical (unpaired) electrons. The number of aryl methyl sites for hydroxylation is 1. The predicted octanol–water partition coefficient (Wildman–Crippen LogP) is 3.32. The van der Waals surface area contributed by atoms with Crippen LogP contribution in [0.15, 0.2) is 42.5 Å². The average Bonchev–Trinajstić information content (AvgIpc) is 2.77. The molecule has 0 aliphatic carbocycles. The maximum atomic E-state index is 12.4. The standard InChI is InChI=1S/C24H31NO6/c1-16(11-12-18-9-7-6-8-10-18)25-24(27)17(2)31-22(26)15-19-13-20(28-3)23(30-5)21(14-19)29-4/h6-10,13-14,16-17H,11-12,15H2,1-5H3,(H,25,27)/t16-,17-/m1/s1. The number of nitrogens with one attached hydrogen (secondary N) is 1. The summed E-state index contributed by atoms with van der Waals surface area (Å²) in [5.74, 6) is 0.498. The van der Waals surface area contributed by atoms with Gasteiger partial charge in [-0.1, -0.05) is 30.3 Å². The normalized spacial score (nSPS) is 12.4. The zero-order valence-corrected chi connectivity index (χ0v) is 18.8. The van der Waals surface area contributed by atoms with Crippen LogP contribution >= 0.6 is 0 Å². The predicted molar refractivity (Wildman–Crippen MR) is 118 cm³/mol. The molecule has 0 bridgehead atoms. The number of hydrogen-bond acceptors (Lipinski definition) is 6. The molecule has 2 atom stereocenters. The molecule has 0 saturated carbocycles. The van der Waals surface area contributed by atoms with Crippen LogP contribution in [0.5, 0.6) is 17.2 Å². The third-order valence-corrected chi connectivity index (χ3v) is 4.85. The van der Waals surface area contributed by atoms with E-state index < -0.39 is 12.1 Å². The van der Waals surface area contributed by atoms with E-state index in [1.54, 1.807) is 19.1 Å². The second-order valence-corrected chi connectivity index (χ2v) is 7.28. The molecule has 2 aromatic carbocycles. The van der Waals surface area contributed by atoms with E-state index in [4.69, 9.17) is 18.9 Å². The summed E-state index contributed by atoms with van der Waals surface area (Å²) in [6.07, 6.45) is 0.728. The van der Waals surface area contributed by atoms with E-state index in [0.717, 1.165) is 12.8 Å². The summed E-state index contributed by atoms with van der Waals surface area (Å²) in [5.41, 5.74) is 1.84. The monoisotopic (exact) mass is 429 g/mol. The number of carbonyl (C=O) groups is 2. The van der Waals surface area contributed by atoms with E-state index in [0.29, 0.717) is 22.8 Å². The van der Waals surface area contributed by atoms with Crippen molar-refractivity contribution >= 4 is 11.9 Å². The lowest BCUT2D eigenvalue weighted by molar-refractivity contribution is -0.154. The SMILES string of the molecule is COc1cc(CC(=O)O[C@H](C)C(=O)N[C@H](C)CCc2ccccc2)cc(OC)c1OC. The number of carbonyl (C=O) groups excluding carboxylic acids is 2. The molecule has 2 aromatic rings. The third kappa shape index (κ3) is 7.20. The van der Waals surface area contributed by atoms with E-state index in [1.165, 1.54) is 26.9 Å². The van der Waals surface area contributed by atoms with Gasteiger partial charge in [0.2, 0.25) is 5.75 Å². The zero-order valence-electron chi connectivity index (χ0n) is 18.8. The zero-order chi connectivity index (χ0) is 22.8. The quantitative estimate of drug-likeness (QED) is 0.552. The van der Waals surface area contributed by atoms with E-state index in [-0.39, 0.29) is 18.4 Å². The highest BCUT2D eigenvalue weighted by Gasteiger charge is 2.21. The summed E-state index contributed by atoms with van der Waals surface area (Å²) >= 11 is 0. The molecule has 0 unspecified atom stereocenters. The van der Waals surface area contributed by atoms with Crippen LogP contribution in [-0.4, -0.2) is 45.4 Å². The molecule has 0 aliphatic heterocycles. The van der Waals surface area contributed by atoms with Crippen LogP contribution < -0.4 is 19.5 Å². The summed E-state index contributed by atoms with van der Waals surface area (Å²) in [6, 6.07) is 13.4. The number of amides is 1. The molecule has 0 aromatic heterocycles. The number of ether oxygens (including phenoxy) is 4. The largest absolute Gasteiger partial charge is 0.493 e. The van der Waals surface area contributed by atoms with Crippen LogP contribution in [-0.2, 0) is 27.2 Å². The minimum Gasteiger partial charge on any atom is -0.493 e. The minimum atomic E-state index is -0.895. The summed E-state index contributed by atoms with van der Waals surface area (Å²) < 4.78 is 21.2. The Morgan fingerprint density at radius 1 is 0.903 bits per heavy atom. The van der Waals surface area contributed by atoms with Gasteiger partial charge in [0.25, 0.3) is 5.91 Å². The first-order valence-electron chi connectivity index (χ1n) is 10.2. The Kier molecular flexibility index (Phi) is 9.18. The van der Waals surface area contributed by atoms with Gasteiger partial charge in [0.05, 0.1) is 27.8 Å². The molecule has 31 heavy (non-hydrogen) atoms. The Hall–Kier alpha value is -3.22. The molecule has 0 saturated heterocycles. The number of rotatable bonds is 11. The lowest BCUT2D eigenvalue weighted by atomic mass is 10.1. The average molecular weight is 430 g/mol. The molecule has 7 heteroatoms. The fourth-order valence-electron chi connectivity index (χ4n) is 3.16. The van der Waals surface area contributed by atoms with Gasteiger partial charge in [-0.15, -0.1) is 0 Å². The van der Waals surface area contributed by atoms with Crippen molar-refractivity contribution in [1.29, 1.82) is 0 Å². The van der Waals surface area contributed by atoms with Gasteiger partial charge in [-0.2, -0.15) is 0 Å². The van der Waals surface area contributed by atoms with Gasteiger partial charge in [0.1, 0.15) is 0 Å². The molecule has 0 aliphatic rings. The van der Waals surface area contributed by atoms with Crippen LogP contribution in [0.3, 0.4) is 0 Å². The Bertz CT molecular complexity index is 843. The van der Waals surface area contributed by atoms with Crippen molar-refractivity contribution < 1.29 is 28.5 Å². The lowest BCUT2D eigenvalue weighted by Gasteiger charge is -2.18. The van der Waals surface area contributed by atoms with Crippen molar-refractivity contribution in [1.82, 2.24) is 5.32 Å². The molecular weight excluding hydrogens is 398 g/mol. The first-order valence-corrected chi connectivity index (χ1v) is 10.2. The van der Waals surface area contributed by atoms with Crippen molar-refractivity contribution in [3.8, 4) is 17.2 Å². The van der Waals surface area contributed by atoms with E-state index in [1.807, 2.05) is 25.1 Å². The number of esters is 1. The van der Waals surface area contributed by atoms with Crippen LogP contribution in [0, 0.1) is 0 Å². The molecule has 1 N–H and O–H groups in total. The van der Waals surface area contributed by atoms with Gasteiger partial charge in [-0.25, -0.2) is 0 Å². The number of methoxy groups -OCH3 is 3. The molecule has 168 valence electrons. The number of hydrogen-bond donors (Lipinski definition) is 1. The fourth-order valence-corrected chi connectivity index (χ4v) is 3.16. The Morgan fingerprint density at radius 3 is 2.06 bits per heavy atom. The van der Waals surface area contributed by atoms with E-state index in [2.05, 4.69) is 17.4 Å². The topological polar surface area (TPSA) is 83.1 Å². The van der Waals surface area contributed by atoms with Gasteiger partial charge < -0.3 is 24.3 Å². The Balaban J connectivity index is 1.87. The van der Waals surface area contributed by atoms with Crippen molar-refractivity contribution in [2.75, 3.05) is 21.3 Å². The molecule has 1 amide bonds. The van der Waals surface area contributed by atoms with Crippen molar-refractivity contribution in [2.45, 2.75) is 45.3 Å². The highest BCUT2D eigenvalue weighted by molar-refractivity contribution is 5.84. The molecule has 2 rings (SSSR count). The molecule has 0 fully saturated rings. The third-order valence-electron chi connectivity index (χ3n) is 4.85. The lowest BCUT2D eigenvalue weighted by Crippen LogP contribution is -2.41. The molecule has 0 heterocycles. The maximum absolute atomic E-state index is 12.4. The van der Waals surface area contributed by atoms with Crippen LogP contribution in [0.2, 0.25) is 0 Å². The first-order chi connectivity index (χ1) is 14.9. The van der Waals surface area contributed by atoms with Crippen LogP contribution in [0.4, 0.5) is 0 Å². The minimum absolute atomic E-state index is 0.0299. The van der Waals surface area contributed by atoms with Gasteiger partial charge in [0.15, 0.2) is 17.6 Å². The van der Waals surface area contributed by atoms with E-state index in [9.17, 15) is 9.59 Å². The van der Waals surface area contributed by atoms with Crippen molar-refractivity contribution in [3.05, 3.63) is 53.6 Å². The molecular formula is C24H31NO6. The first kappa shape index (κ1) is 24.1. The Morgan fingerprint density at radius 2 is 1.52 bits per heavy atom. The van der Waals surface area contributed by atoms with Gasteiger partial charge >= 0.3 is 5.97 Å². The highest BCUT2D eigenvalue weighted by Crippen LogP contribution is 2.38. The fraction of sp³-hybridized carbons (Fsp3) is 0.417. The Labute approximate surface area is 183 Å². The second-order valence-electron chi connectivity index (χ2n) is 7.28. The van der Waals surface area contributed by atoms with Crippen molar-refractivity contribution in [2.24, 2.45) is 0 Å². The number of benzene rings is 2.